The fraction of sp³-hybridized carbons (Fsp3) is 0.391. The Hall–Kier alpha value is -2.74. The lowest BCUT2D eigenvalue weighted by Crippen LogP contribution is -2.40. The number of rotatable bonds is 7. The van der Waals surface area contributed by atoms with Gasteiger partial charge >= 0.3 is 0 Å². The molecule has 0 fully saturated rings. The molecule has 2 atom stereocenters. The van der Waals surface area contributed by atoms with E-state index in [1.165, 1.54) is 15.8 Å². The number of hydrogen-bond donors (Lipinski definition) is 3. The van der Waals surface area contributed by atoms with Crippen LogP contribution in [0.15, 0.2) is 53.5 Å². The second kappa shape index (κ2) is 8.95. The molecule has 30 heavy (non-hydrogen) atoms. The van der Waals surface area contributed by atoms with Crippen molar-refractivity contribution in [1.29, 1.82) is 0 Å². The van der Waals surface area contributed by atoms with Crippen molar-refractivity contribution in [2.24, 2.45) is 0 Å². The third kappa shape index (κ3) is 4.70. The summed E-state index contributed by atoms with van der Waals surface area (Å²) < 4.78 is 1.34. The molecule has 3 N–H and O–H groups in total. The standard InChI is InChI=1S/C23H28N4O3/c1-16(28)11-24-20-6-7-22-19(10-20)12-25-27(23(22)30)15-21(29)14-26-9-8-17-4-2-3-5-18(17)13-26/h2-7,10,12,16,21,24,28-29H,8-9,11,13-15H2,1H3/t16?,21-/m1/s1. The van der Waals surface area contributed by atoms with Crippen molar-refractivity contribution >= 4 is 16.5 Å². The summed E-state index contributed by atoms with van der Waals surface area (Å²) in [6.07, 6.45) is 1.49. The molecule has 0 spiro atoms. The molecule has 0 bridgehead atoms. The summed E-state index contributed by atoms with van der Waals surface area (Å²) in [6, 6.07) is 13.8. The molecule has 2 aromatic carbocycles. The highest BCUT2D eigenvalue weighted by Crippen LogP contribution is 2.19. The quantitative estimate of drug-likeness (QED) is 0.550. The van der Waals surface area contributed by atoms with Gasteiger partial charge in [-0.1, -0.05) is 24.3 Å². The lowest BCUT2D eigenvalue weighted by atomic mass is 10.00. The van der Waals surface area contributed by atoms with Crippen LogP contribution in [0.25, 0.3) is 10.8 Å². The Balaban J connectivity index is 1.42. The molecule has 0 amide bonds. The molecule has 0 aliphatic carbocycles. The first-order valence-corrected chi connectivity index (χ1v) is 10.4. The summed E-state index contributed by atoms with van der Waals surface area (Å²) in [6.45, 7) is 4.52. The van der Waals surface area contributed by atoms with Crippen molar-refractivity contribution in [2.45, 2.75) is 38.6 Å². The highest BCUT2D eigenvalue weighted by atomic mass is 16.3. The largest absolute Gasteiger partial charge is 0.392 e. The molecule has 158 valence electrons. The van der Waals surface area contributed by atoms with Gasteiger partial charge in [0.25, 0.3) is 5.56 Å². The van der Waals surface area contributed by atoms with Gasteiger partial charge in [0.05, 0.1) is 30.3 Å². The summed E-state index contributed by atoms with van der Waals surface area (Å²) in [7, 11) is 0. The Morgan fingerprint density at radius 3 is 2.73 bits per heavy atom. The van der Waals surface area contributed by atoms with Crippen molar-refractivity contribution in [2.75, 3.05) is 25.0 Å². The Morgan fingerprint density at radius 2 is 1.93 bits per heavy atom. The van der Waals surface area contributed by atoms with Crippen LogP contribution in [0.3, 0.4) is 0 Å². The van der Waals surface area contributed by atoms with Crippen molar-refractivity contribution in [3.05, 3.63) is 70.1 Å². The normalized spacial score (nSPS) is 16.2. The number of nitrogens with one attached hydrogen (secondary N) is 1. The van der Waals surface area contributed by atoms with Gasteiger partial charge in [0.1, 0.15) is 0 Å². The van der Waals surface area contributed by atoms with Crippen LogP contribution in [-0.4, -0.2) is 56.7 Å². The maximum atomic E-state index is 12.8. The Bertz CT molecular complexity index is 1080. The van der Waals surface area contributed by atoms with Crippen LogP contribution in [0.4, 0.5) is 5.69 Å². The summed E-state index contributed by atoms with van der Waals surface area (Å²) >= 11 is 0. The van der Waals surface area contributed by atoms with Crippen LogP contribution in [0, 0.1) is 0 Å². The Kier molecular flexibility index (Phi) is 6.13. The number of fused-ring (bicyclic) bond motifs is 2. The van der Waals surface area contributed by atoms with E-state index in [0.29, 0.717) is 18.5 Å². The van der Waals surface area contributed by atoms with Gasteiger partial charge in [0.15, 0.2) is 0 Å². The SMILES string of the molecule is CC(O)CNc1ccc2c(=O)n(C[C@H](O)CN3CCc4ccccc4C3)ncc2c1. The second-order valence-electron chi connectivity index (χ2n) is 8.07. The van der Waals surface area contributed by atoms with Gasteiger partial charge in [-0.3, -0.25) is 9.69 Å². The van der Waals surface area contributed by atoms with Crippen LogP contribution in [0.1, 0.15) is 18.1 Å². The van der Waals surface area contributed by atoms with Crippen molar-refractivity contribution in [3.8, 4) is 0 Å². The minimum Gasteiger partial charge on any atom is -0.392 e. The fourth-order valence-corrected chi connectivity index (χ4v) is 3.96. The lowest BCUT2D eigenvalue weighted by Gasteiger charge is -2.30. The van der Waals surface area contributed by atoms with E-state index in [9.17, 15) is 15.0 Å². The number of aromatic nitrogens is 2. The smallest absolute Gasteiger partial charge is 0.274 e. The Morgan fingerprint density at radius 1 is 1.13 bits per heavy atom. The molecule has 2 heterocycles. The van der Waals surface area contributed by atoms with Gasteiger partial charge in [-0.25, -0.2) is 4.68 Å². The molecule has 7 heteroatoms. The van der Waals surface area contributed by atoms with E-state index in [1.54, 1.807) is 19.2 Å². The summed E-state index contributed by atoms with van der Waals surface area (Å²) in [5.41, 5.74) is 3.29. The van der Waals surface area contributed by atoms with Crippen molar-refractivity contribution in [3.63, 3.8) is 0 Å². The van der Waals surface area contributed by atoms with Crippen LogP contribution in [-0.2, 0) is 19.5 Å². The van der Waals surface area contributed by atoms with E-state index in [2.05, 4.69) is 33.5 Å². The maximum Gasteiger partial charge on any atom is 0.274 e. The van der Waals surface area contributed by atoms with Gasteiger partial charge in [-0.05, 0) is 42.7 Å². The molecule has 1 aromatic heterocycles. The zero-order chi connectivity index (χ0) is 21.1. The predicted octanol–water partition coefficient (Wildman–Crippen LogP) is 1.61. The molecule has 7 nitrogen and oxygen atoms in total. The zero-order valence-electron chi connectivity index (χ0n) is 17.2. The molecule has 0 saturated carbocycles. The number of aliphatic hydroxyl groups is 2. The summed E-state index contributed by atoms with van der Waals surface area (Å²) in [5.74, 6) is 0. The second-order valence-corrected chi connectivity index (χ2v) is 8.07. The van der Waals surface area contributed by atoms with Crippen LogP contribution >= 0.6 is 0 Å². The first-order valence-electron chi connectivity index (χ1n) is 10.4. The molecule has 1 unspecified atom stereocenters. The monoisotopic (exact) mass is 408 g/mol. The average Bonchev–Trinajstić information content (AvgIpc) is 2.74. The summed E-state index contributed by atoms with van der Waals surface area (Å²) in [4.78, 5) is 15.0. The van der Waals surface area contributed by atoms with Gasteiger partial charge in [-0.15, -0.1) is 0 Å². The molecule has 0 saturated heterocycles. The highest BCUT2D eigenvalue weighted by molar-refractivity contribution is 5.84. The van der Waals surface area contributed by atoms with Crippen LogP contribution in [0.5, 0.6) is 0 Å². The Labute approximate surface area is 175 Å². The highest BCUT2D eigenvalue weighted by Gasteiger charge is 2.19. The van der Waals surface area contributed by atoms with Gasteiger partial charge in [0, 0.05) is 37.3 Å². The number of nitrogens with zero attached hydrogens (tertiary/aromatic N) is 3. The van der Waals surface area contributed by atoms with Gasteiger partial charge < -0.3 is 15.5 Å². The number of β-amino-alcohol motifs (C(OH)–C–C–N with tert-alkyl or cyclic N) is 1. The van der Waals surface area contributed by atoms with E-state index in [4.69, 9.17) is 0 Å². The molecule has 4 rings (SSSR count). The minimum absolute atomic E-state index is 0.162. The minimum atomic E-state index is -0.676. The molecule has 3 aromatic rings. The number of hydrogen-bond acceptors (Lipinski definition) is 6. The van der Waals surface area contributed by atoms with E-state index < -0.39 is 12.2 Å². The molecular formula is C23H28N4O3. The number of aliphatic hydroxyl groups excluding tert-OH is 2. The topological polar surface area (TPSA) is 90.6 Å². The third-order valence-electron chi connectivity index (χ3n) is 5.52. The van der Waals surface area contributed by atoms with E-state index >= 15 is 0 Å². The lowest BCUT2D eigenvalue weighted by molar-refractivity contribution is 0.0878. The van der Waals surface area contributed by atoms with Crippen molar-refractivity contribution < 1.29 is 10.2 Å². The van der Waals surface area contributed by atoms with Crippen LogP contribution < -0.4 is 10.9 Å². The maximum absolute atomic E-state index is 12.8. The van der Waals surface area contributed by atoms with E-state index in [-0.39, 0.29) is 12.1 Å². The number of anilines is 1. The molecule has 0 radical (unpaired) electrons. The van der Waals surface area contributed by atoms with Gasteiger partial charge in [-0.2, -0.15) is 5.10 Å². The van der Waals surface area contributed by atoms with Crippen molar-refractivity contribution in [1.82, 2.24) is 14.7 Å². The fourth-order valence-electron chi connectivity index (χ4n) is 3.96. The average molecular weight is 409 g/mol. The first-order chi connectivity index (χ1) is 14.5. The number of benzene rings is 2. The summed E-state index contributed by atoms with van der Waals surface area (Å²) in [5, 5.41) is 28.7. The van der Waals surface area contributed by atoms with E-state index in [0.717, 1.165) is 30.6 Å². The molecule has 1 aliphatic rings. The molecular weight excluding hydrogens is 380 g/mol. The predicted molar refractivity (Wildman–Crippen MR) is 118 cm³/mol. The third-order valence-corrected chi connectivity index (χ3v) is 5.52. The first kappa shape index (κ1) is 20.5. The van der Waals surface area contributed by atoms with E-state index in [1.807, 2.05) is 18.2 Å². The molecule has 1 aliphatic heterocycles. The van der Waals surface area contributed by atoms with Gasteiger partial charge in [0.2, 0.25) is 0 Å². The zero-order valence-corrected chi connectivity index (χ0v) is 17.2. The van der Waals surface area contributed by atoms with Crippen LogP contribution in [0.2, 0.25) is 0 Å².